The van der Waals surface area contributed by atoms with Crippen molar-refractivity contribution in [3.63, 3.8) is 0 Å². The molecule has 1 aliphatic rings. The third kappa shape index (κ3) is 5.53. The van der Waals surface area contributed by atoms with Crippen molar-refractivity contribution in [2.24, 2.45) is 5.92 Å². The second-order valence-electron chi connectivity index (χ2n) is 5.13. The highest BCUT2D eigenvalue weighted by molar-refractivity contribution is 4.74. The Bertz CT molecular complexity index is 153. The Balaban J connectivity index is 2.04. The Morgan fingerprint density at radius 3 is 2.53 bits per heavy atom. The minimum atomic E-state index is -0.0150. The zero-order valence-corrected chi connectivity index (χ0v) is 10.3. The number of hydrogen-bond donors (Lipinski definition) is 2. The predicted octanol–water partition coefficient (Wildman–Crippen LogP) is 2.71. The second kappa shape index (κ2) is 7.24. The van der Waals surface area contributed by atoms with Crippen LogP contribution in [0.5, 0.6) is 0 Å². The van der Waals surface area contributed by atoms with Gasteiger partial charge in [-0.15, -0.1) is 0 Å². The van der Waals surface area contributed by atoms with Crippen molar-refractivity contribution in [2.45, 2.75) is 70.9 Å². The van der Waals surface area contributed by atoms with Crippen LogP contribution in [0.25, 0.3) is 0 Å². The Kier molecular flexibility index (Phi) is 6.26. The molecule has 0 heterocycles. The van der Waals surface area contributed by atoms with Gasteiger partial charge in [0.25, 0.3) is 0 Å². The van der Waals surface area contributed by atoms with Gasteiger partial charge in [-0.25, -0.2) is 0 Å². The van der Waals surface area contributed by atoms with Crippen molar-refractivity contribution in [1.29, 1.82) is 0 Å². The minimum absolute atomic E-state index is 0.0150. The van der Waals surface area contributed by atoms with Crippen molar-refractivity contribution < 1.29 is 5.11 Å². The van der Waals surface area contributed by atoms with Gasteiger partial charge in [-0.1, -0.05) is 19.8 Å². The molecule has 0 spiro atoms. The molecule has 0 aromatic heterocycles. The van der Waals surface area contributed by atoms with Crippen molar-refractivity contribution in [3.8, 4) is 0 Å². The largest absolute Gasteiger partial charge is 0.393 e. The third-order valence-corrected chi connectivity index (χ3v) is 3.56. The minimum Gasteiger partial charge on any atom is -0.393 e. The average molecular weight is 213 g/mol. The van der Waals surface area contributed by atoms with E-state index < -0.39 is 0 Å². The first-order chi connectivity index (χ1) is 7.22. The van der Waals surface area contributed by atoms with Gasteiger partial charge in [-0.05, 0) is 51.5 Å². The van der Waals surface area contributed by atoms with Crippen LogP contribution in [0.2, 0.25) is 0 Å². The van der Waals surface area contributed by atoms with Crippen LogP contribution in [0.4, 0.5) is 0 Å². The molecule has 0 saturated heterocycles. The summed E-state index contributed by atoms with van der Waals surface area (Å²) in [6, 6.07) is 0.664. The smallest absolute Gasteiger partial charge is 0.0540 e. The maximum Gasteiger partial charge on any atom is 0.0540 e. The van der Waals surface area contributed by atoms with Crippen LogP contribution >= 0.6 is 0 Å². The van der Waals surface area contributed by atoms with Crippen LogP contribution in [0.1, 0.15) is 58.8 Å². The van der Waals surface area contributed by atoms with Gasteiger partial charge in [0.15, 0.2) is 0 Å². The van der Waals surface area contributed by atoms with Crippen molar-refractivity contribution in [3.05, 3.63) is 0 Å². The molecule has 1 atom stereocenters. The summed E-state index contributed by atoms with van der Waals surface area (Å²) in [7, 11) is 0. The fourth-order valence-electron chi connectivity index (χ4n) is 2.33. The molecule has 2 nitrogen and oxygen atoms in total. The van der Waals surface area contributed by atoms with E-state index in [2.05, 4.69) is 19.2 Å². The highest BCUT2D eigenvalue weighted by atomic mass is 16.3. The molecule has 15 heavy (non-hydrogen) atoms. The van der Waals surface area contributed by atoms with Gasteiger partial charge in [0, 0.05) is 6.04 Å². The summed E-state index contributed by atoms with van der Waals surface area (Å²) >= 11 is 0. The quantitative estimate of drug-likeness (QED) is 0.711. The summed E-state index contributed by atoms with van der Waals surface area (Å²) in [5.41, 5.74) is 0. The summed E-state index contributed by atoms with van der Waals surface area (Å²) in [4.78, 5) is 0. The molecule has 90 valence electrons. The lowest BCUT2D eigenvalue weighted by Gasteiger charge is -2.26. The molecule has 1 rings (SSSR count). The zero-order valence-electron chi connectivity index (χ0n) is 10.3. The predicted molar refractivity (Wildman–Crippen MR) is 65.0 cm³/mol. The Hall–Kier alpha value is -0.0800. The highest BCUT2D eigenvalue weighted by Crippen LogP contribution is 2.23. The third-order valence-electron chi connectivity index (χ3n) is 3.56. The molecular weight excluding hydrogens is 186 g/mol. The number of aliphatic hydroxyl groups is 1. The van der Waals surface area contributed by atoms with E-state index in [-0.39, 0.29) is 6.10 Å². The molecule has 2 heteroatoms. The van der Waals surface area contributed by atoms with Crippen LogP contribution in [0, 0.1) is 5.92 Å². The molecule has 2 N–H and O–H groups in total. The highest BCUT2D eigenvalue weighted by Gasteiger charge is 2.19. The molecule has 0 bridgehead atoms. The molecule has 1 unspecified atom stereocenters. The normalized spacial score (nSPS) is 29.0. The maximum absolute atomic E-state index is 9.40. The van der Waals surface area contributed by atoms with E-state index in [0.29, 0.717) is 6.04 Å². The van der Waals surface area contributed by atoms with Crippen molar-refractivity contribution in [1.82, 2.24) is 5.32 Å². The second-order valence-corrected chi connectivity index (χ2v) is 5.13. The van der Waals surface area contributed by atoms with Crippen molar-refractivity contribution >= 4 is 0 Å². The molecule has 0 radical (unpaired) electrons. The number of nitrogens with one attached hydrogen (secondary N) is 1. The summed E-state index contributed by atoms with van der Waals surface area (Å²) in [5, 5.41) is 13.0. The van der Waals surface area contributed by atoms with E-state index in [1.54, 1.807) is 0 Å². The van der Waals surface area contributed by atoms with Crippen LogP contribution in [-0.4, -0.2) is 23.8 Å². The van der Waals surface area contributed by atoms with Crippen LogP contribution in [-0.2, 0) is 0 Å². The van der Waals surface area contributed by atoms with Gasteiger partial charge in [-0.3, -0.25) is 0 Å². The fourth-order valence-corrected chi connectivity index (χ4v) is 2.33. The fraction of sp³-hybridized carbons (Fsp3) is 1.00. The van der Waals surface area contributed by atoms with Gasteiger partial charge in [0.05, 0.1) is 6.10 Å². The monoisotopic (exact) mass is 213 g/mol. The average Bonchev–Trinajstić information content (AvgIpc) is 2.25. The van der Waals surface area contributed by atoms with Crippen LogP contribution in [0.3, 0.4) is 0 Å². The molecule has 1 fully saturated rings. The Labute approximate surface area is 94.5 Å². The van der Waals surface area contributed by atoms with Gasteiger partial charge < -0.3 is 10.4 Å². The van der Waals surface area contributed by atoms with Gasteiger partial charge in [0.2, 0.25) is 0 Å². The number of aliphatic hydroxyl groups excluding tert-OH is 1. The molecular formula is C13H27NO. The summed E-state index contributed by atoms with van der Waals surface area (Å²) in [5.74, 6) is 0.803. The van der Waals surface area contributed by atoms with Crippen molar-refractivity contribution in [2.75, 3.05) is 6.54 Å². The summed E-state index contributed by atoms with van der Waals surface area (Å²) in [6.07, 6.45) is 8.33. The van der Waals surface area contributed by atoms with E-state index >= 15 is 0 Å². The van der Waals surface area contributed by atoms with E-state index in [9.17, 15) is 5.11 Å². The first-order valence-electron chi connectivity index (χ1n) is 6.63. The number of hydrogen-bond acceptors (Lipinski definition) is 2. The first kappa shape index (κ1) is 13.0. The van der Waals surface area contributed by atoms with Gasteiger partial charge >= 0.3 is 0 Å². The number of unbranched alkanes of at least 4 members (excludes halogenated alkanes) is 1. The molecule has 0 amide bonds. The van der Waals surface area contributed by atoms with E-state index in [1.807, 2.05) is 0 Å². The molecule has 1 saturated carbocycles. The molecule has 1 aliphatic carbocycles. The molecule has 0 aromatic rings. The lowest BCUT2D eigenvalue weighted by atomic mass is 9.87. The Morgan fingerprint density at radius 1 is 1.27 bits per heavy atom. The van der Waals surface area contributed by atoms with Crippen LogP contribution < -0.4 is 5.32 Å². The maximum atomic E-state index is 9.40. The first-order valence-corrected chi connectivity index (χ1v) is 6.63. The van der Waals surface area contributed by atoms with E-state index in [4.69, 9.17) is 0 Å². The van der Waals surface area contributed by atoms with E-state index in [1.165, 1.54) is 32.1 Å². The summed E-state index contributed by atoms with van der Waals surface area (Å²) in [6.45, 7) is 5.68. The lowest BCUT2D eigenvalue weighted by Crippen LogP contribution is -2.33. The van der Waals surface area contributed by atoms with Gasteiger partial charge in [-0.2, -0.15) is 0 Å². The van der Waals surface area contributed by atoms with Gasteiger partial charge in [0.1, 0.15) is 0 Å². The lowest BCUT2D eigenvalue weighted by molar-refractivity contribution is 0.107. The summed E-state index contributed by atoms with van der Waals surface area (Å²) < 4.78 is 0. The standard InChI is InChI=1S/C13H27NO/c1-3-4-5-11(2)14-10-12-6-8-13(15)9-7-12/h11-15H,3-10H2,1-2H3. The SMILES string of the molecule is CCCCC(C)NCC1CCC(O)CC1. The van der Waals surface area contributed by atoms with E-state index in [0.717, 1.165) is 25.3 Å². The zero-order chi connectivity index (χ0) is 11.1. The number of rotatable bonds is 6. The topological polar surface area (TPSA) is 32.3 Å². The Morgan fingerprint density at radius 2 is 1.93 bits per heavy atom. The molecule has 0 aliphatic heterocycles. The van der Waals surface area contributed by atoms with Crippen LogP contribution in [0.15, 0.2) is 0 Å². The molecule has 0 aromatic carbocycles.